The first-order valence-corrected chi connectivity index (χ1v) is 14.3. The third kappa shape index (κ3) is 4.58. The smallest absolute Gasteiger partial charge is 0.225 e. The Labute approximate surface area is 226 Å². The van der Waals surface area contributed by atoms with Crippen LogP contribution in [0.25, 0.3) is 0 Å². The number of aromatic nitrogens is 2. The average Bonchev–Trinajstić information content (AvgIpc) is 3.20. The molecule has 0 amide bonds. The van der Waals surface area contributed by atoms with Crippen LogP contribution in [0.15, 0.2) is 42.7 Å². The Bertz CT molecular complexity index is 1080. The van der Waals surface area contributed by atoms with Gasteiger partial charge in [0.15, 0.2) is 6.35 Å². The van der Waals surface area contributed by atoms with E-state index in [-0.39, 0.29) is 11.1 Å². The maximum atomic E-state index is 11.7. The number of hydrogen-bond acceptors (Lipinski definition) is 9. The molecule has 6 rings (SSSR count). The molecule has 1 spiro atoms. The molecule has 1 aromatic heterocycles. The van der Waals surface area contributed by atoms with Crippen molar-refractivity contribution in [2.24, 2.45) is 0 Å². The van der Waals surface area contributed by atoms with Crippen molar-refractivity contribution < 1.29 is 10.2 Å². The molecule has 0 radical (unpaired) electrons. The zero-order valence-corrected chi connectivity index (χ0v) is 22.9. The summed E-state index contributed by atoms with van der Waals surface area (Å²) in [6.45, 7) is 5.07. The van der Waals surface area contributed by atoms with E-state index in [0.29, 0.717) is 13.1 Å². The predicted octanol–water partition coefficient (Wildman–Crippen LogP) is 1.97. The van der Waals surface area contributed by atoms with Crippen molar-refractivity contribution in [1.29, 1.82) is 0 Å². The molecule has 9 heteroatoms. The maximum absolute atomic E-state index is 11.7. The Kier molecular flexibility index (Phi) is 6.85. The molecule has 2 saturated heterocycles. The van der Waals surface area contributed by atoms with Crippen molar-refractivity contribution in [1.82, 2.24) is 25.1 Å². The fraction of sp³-hybridized carbons (Fsp3) is 0.655. The number of rotatable bonds is 6. The van der Waals surface area contributed by atoms with Crippen LogP contribution in [-0.2, 0) is 5.54 Å². The Morgan fingerprint density at radius 3 is 2.18 bits per heavy atom. The number of nitrogens with one attached hydrogen (secondary N) is 1. The van der Waals surface area contributed by atoms with Crippen molar-refractivity contribution in [2.45, 2.75) is 68.0 Å². The highest BCUT2D eigenvalue weighted by Gasteiger charge is 2.56. The number of anilines is 2. The summed E-state index contributed by atoms with van der Waals surface area (Å²) in [4.78, 5) is 18.2. The topological polar surface area (TPSA) is 91.2 Å². The number of piperazine rings is 1. The first-order chi connectivity index (χ1) is 18.4. The lowest BCUT2D eigenvalue weighted by Gasteiger charge is -2.51. The minimum Gasteiger partial charge on any atom is -0.389 e. The summed E-state index contributed by atoms with van der Waals surface area (Å²) in [5, 5.41) is 26.5. The standard InChI is InChI=1S/C29H43N7O2/c1-30-29(23-7-4-3-5-8-23)13-11-27(12-14-29)21-35(26(37)36(27)22-28(38)9-6-10-28)24-19-31-25(32-20-24)34-17-15-33(2)16-18-34/h3-5,7-8,19-20,26,30,37-38H,6,9-18,21-22H2,1-2H3/t26?,27-,29+. The van der Waals surface area contributed by atoms with Crippen molar-refractivity contribution >= 4 is 11.6 Å². The van der Waals surface area contributed by atoms with E-state index in [2.05, 4.69) is 64.4 Å². The Hall–Kier alpha value is -2.30. The van der Waals surface area contributed by atoms with Crippen molar-refractivity contribution in [3.05, 3.63) is 48.3 Å². The number of aliphatic hydroxyl groups is 2. The van der Waals surface area contributed by atoms with Crippen LogP contribution in [0.4, 0.5) is 11.6 Å². The summed E-state index contributed by atoms with van der Waals surface area (Å²) in [5.74, 6) is 0.755. The zero-order valence-electron chi connectivity index (χ0n) is 22.9. The number of β-amino-alcohol motifs (C(OH)–C–C–N with tert-alkyl or cyclic N) is 1. The van der Waals surface area contributed by atoms with E-state index < -0.39 is 12.0 Å². The Morgan fingerprint density at radius 1 is 0.947 bits per heavy atom. The van der Waals surface area contributed by atoms with Gasteiger partial charge in [0.05, 0.1) is 23.7 Å². The molecule has 1 aromatic carbocycles. The minimum absolute atomic E-state index is 0.0722. The van der Waals surface area contributed by atoms with Crippen molar-refractivity contribution in [3.8, 4) is 0 Å². The van der Waals surface area contributed by atoms with E-state index in [4.69, 9.17) is 9.97 Å². The van der Waals surface area contributed by atoms with Gasteiger partial charge >= 0.3 is 0 Å². The summed E-state index contributed by atoms with van der Waals surface area (Å²) in [5.41, 5.74) is 1.17. The van der Waals surface area contributed by atoms with Gasteiger partial charge in [-0.05, 0) is 64.6 Å². The van der Waals surface area contributed by atoms with Crippen LogP contribution in [-0.4, -0.2) is 101 Å². The molecule has 3 heterocycles. The van der Waals surface area contributed by atoms with Gasteiger partial charge in [-0.1, -0.05) is 30.3 Å². The third-order valence-corrected chi connectivity index (χ3v) is 9.96. The molecule has 2 saturated carbocycles. The van der Waals surface area contributed by atoms with Crippen LogP contribution in [0.1, 0.15) is 50.5 Å². The highest BCUT2D eigenvalue weighted by atomic mass is 16.3. The Balaban J connectivity index is 1.24. The number of aliphatic hydroxyl groups excluding tert-OH is 1. The lowest BCUT2D eigenvalue weighted by molar-refractivity contribution is -0.120. The molecular formula is C29H43N7O2. The van der Waals surface area contributed by atoms with Crippen LogP contribution >= 0.6 is 0 Å². The van der Waals surface area contributed by atoms with Crippen LogP contribution in [0.2, 0.25) is 0 Å². The molecule has 4 aliphatic rings. The summed E-state index contributed by atoms with van der Waals surface area (Å²) >= 11 is 0. The van der Waals surface area contributed by atoms with Gasteiger partial charge in [-0.2, -0.15) is 0 Å². The minimum atomic E-state index is -0.809. The highest BCUT2D eigenvalue weighted by molar-refractivity contribution is 5.48. The van der Waals surface area contributed by atoms with Gasteiger partial charge in [-0.3, -0.25) is 4.90 Å². The van der Waals surface area contributed by atoms with Crippen LogP contribution in [0, 0.1) is 0 Å². The molecule has 2 aliphatic heterocycles. The molecule has 2 aliphatic carbocycles. The van der Waals surface area contributed by atoms with Crippen LogP contribution in [0.5, 0.6) is 0 Å². The SMILES string of the molecule is CN[C@]1(c2ccccc2)CC[C@]2(CC1)CN(c1cnc(N3CCN(C)CC3)nc1)C(O)N2CC1(O)CCC1. The van der Waals surface area contributed by atoms with E-state index in [1.807, 2.05) is 17.3 Å². The largest absolute Gasteiger partial charge is 0.389 e. The molecule has 1 atom stereocenters. The number of hydrogen-bond donors (Lipinski definition) is 3. The summed E-state index contributed by atoms with van der Waals surface area (Å²) in [6, 6.07) is 10.7. The molecule has 1 unspecified atom stereocenters. The number of nitrogens with zero attached hydrogens (tertiary/aromatic N) is 6. The van der Waals surface area contributed by atoms with Crippen molar-refractivity contribution in [2.75, 3.05) is 63.2 Å². The molecule has 9 nitrogen and oxygen atoms in total. The normalized spacial score (nSPS) is 32.1. The summed E-state index contributed by atoms with van der Waals surface area (Å²) < 4.78 is 0. The second kappa shape index (κ2) is 10.0. The molecular weight excluding hydrogens is 478 g/mol. The molecule has 0 bridgehead atoms. The second-order valence-electron chi connectivity index (χ2n) is 12.1. The first-order valence-electron chi connectivity index (χ1n) is 14.3. The number of likely N-dealkylation sites (N-methyl/N-ethyl adjacent to an activating group) is 1. The summed E-state index contributed by atoms with van der Waals surface area (Å²) in [6.07, 6.45) is 9.40. The summed E-state index contributed by atoms with van der Waals surface area (Å²) in [7, 11) is 4.21. The van der Waals surface area contributed by atoms with Crippen molar-refractivity contribution in [3.63, 3.8) is 0 Å². The average molecular weight is 522 g/mol. The predicted molar refractivity (Wildman–Crippen MR) is 149 cm³/mol. The Morgan fingerprint density at radius 2 is 1.61 bits per heavy atom. The third-order valence-electron chi connectivity index (χ3n) is 9.96. The fourth-order valence-electron chi connectivity index (χ4n) is 7.10. The van der Waals surface area contributed by atoms with E-state index >= 15 is 0 Å². The molecule has 38 heavy (non-hydrogen) atoms. The van der Waals surface area contributed by atoms with Gasteiger partial charge in [0, 0.05) is 50.3 Å². The first kappa shape index (κ1) is 26.0. The van der Waals surface area contributed by atoms with Gasteiger partial charge in [0.1, 0.15) is 0 Å². The number of benzene rings is 1. The molecule has 206 valence electrons. The lowest BCUT2D eigenvalue weighted by atomic mass is 9.68. The second-order valence-corrected chi connectivity index (χ2v) is 12.1. The van der Waals surface area contributed by atoms with Gasteiger partial charge in [0.25, 0.3) is 0 Å². The fourth-order valence-corrected chi connectivity index (χ4v) is 7.10. The maximum Gasteiger partial charge on any atom is 0.225 e. The van der Waals surface area contributed by atoms with Gasteiger partial charge in [-0.15, -0.1) is 0 Å². The van der Waals surface area contributed by atoms with E-state index in [1.165, 1.54) is 5.56 Å². The van der Waals surface area contributed by atoms with E-state index in [1.54, 1.807) is 0 Å². The van der Waals surface area contributed by atoms with Crippen LogP contribution < -0.4 is 15.1 Å². The molecule has 3 N–H and O–H groups in total. The zero-order chi connectivity index (χ0) is 26.4. The molecule has 2 aromatic rings. The van der Waals surface area contributed by atoms with Gasteiger partial charge in [-0.25, -0.2) is 9.97 Å². The van der Waals surface area contributed by atoms with E-state index in [0.717, 1.165) is 82.8 Å². The van der Waals surface area contributed by atoms with Crippen LogP contribution in [0.3, 0.4) is 0 Å². The highest BCUT2D eigenvalue weighted by Crippen LogP contribution is 2.49. The monoisotopic (exact) mass is 521 g/mol. The lowest BCUT2D eigenvalue weighted by Crippen LogP contribution is -2.60. The van der Waals surface area contributed by atoms with E-state index in [9.17, 15) is 10.2 Å². The van der Waals surface area contributed by atoms with Gasteiger partial charge < -0.3 is 30.2 Å². The van der Waals surface area contributed by atoms with Gasteiger partial charge in [0.2, 0.25) is 5.95 Å². The molecule has 4 fully saturated rings. The quantitative estimate of drug-likeness (QED) is 0.528.